The molecule has 1 amide bonds. The van der Waals surface area contributed by atoms with Crippen LogP contribution in [0.4, 0.5) is 0 Å². The van der Waals surface area contributed by atoms with Crippen molar-refractivity contribution in [3.63, 3.8) is 0 Å². The normalized spacial score (nSPS) is 17.0. The number of nitrogens with one attached hydrogen (secondary N) is 1. The molecule has 1 fully saturated rings. The highest BCUT2D eigenvalue weighted by atomic mass is 16.5. The molecular formula is C23H27N3O3. The second kappa shape index (κ2) is 8.15. The third-order valence-corrected chi connectivity index (χ3v) is 5.28. The molecule has 0 radical (unpaired) electrons. The molecule has 1 aliphatic rings. The summed E-state index contributed by atoms with van der Waals surface area (Å²) in [4.78, 5) is 23.2. The fourth-order valence-corrected chi connectivity index (χ4v) is 3.89. The van der Waals surface area contributed by atoms with Gasteiger partial charge in [-0.2, -0.15) is 0 Å². The Morgan fingerprint density at radius 3 is 2.79 bits per heavy atom. The maximum absolute atomic E-state index is 13.1. The molecule has 2 heterocycles. The van der Waals surface area contributed by atoms with Crippen LogP contribution in [-0.2, 0) is 0 Å². The van der Waals surface area contributed by atoms with Gasteiger partial charge in [0.25, 0.3) is 5.91 Å². The highest BCUT2D eigenvalue weighted by molar-refractivity contribution is 5.95. The van der Waals surface area contributed by atoms with Crippen molar-refractivity contribution in [1.82, 2.24) is 14.9 Å². The minimum atomic E-state index is 0.0141. The van der Waals surface area contributed by atoms with Crippen LogP contribution < -0.4 is 9.47 Å². The van der Waals surface area contributed by atoms with Gasteiger partial charge in [0.05, 0.1) is 24.2 Å². The number of imidazole rings is 1. The third kappa shape index (κ3) is 4.06. The molecule has 29 heavy (non-hydrogen) atoms. The Morgan fingerprint density at radius 1 is 1.21 bits per heavy atom. The van der Waals surface area contributed by atoms with E-state index in [9.17, 15) is 4.79 Å². The number of nitrogens with zero attached hydrogens (tertiary/aromatic N) is 2. The third-order valence-electron chi connectivity index (χ3n) is 5.28. The van der Waals surface area contributed by atoms with Gasteiger partial charge in [0.1, 0.15) is 5.82 Å². The van der Waals surface area contributed by atoms with E-state index < -0.39 is 0 Å². The number of rotatable bonds is 5. The van der Waals surface area contributed by atoms with Gasteiger partial charge in [0, 0.05) is 24.6 Å². The van der Waals surface area contributed by atoms with Crippen molar-refractivity contribution in [1.29, 1.82) is 0 Å². The Balaban J connectivity index is 1.52. The highest BCUT2D eigenvalue weighted by Gasteiger charge is 2.28. The molecule has 0 spiro atoms. The van der Waals surface area contributed by atoms with Crippen LogP contribution in [-0.4, -0.2) is 47.1 Å². The van der Waals surface area contributed by atoms with Gasteiger partial charge in [0.2, 0.25) is 0 Å². The molecule has 2 aromatic carbocycles. The molecule has 0 bridgehead atoms. The number of para-hydroxylation sites is 2. The maximum atomic E-state index is 13.1. The van der Waals surface area contributed by atoms with E-state index in [1.54, 1.807) is 13.2 Å². The molecule has 6 heteroatoms. The molecule has 1 N–H and O–H groups in total. The molecule has 3 aromatic rings. The standard InChI is InChI=1S/C23H27N3O3/c1-15(2)29-20-11-10-16(13-21(20)28-3)23(27)26-12-6-7-17(14-26)22-24-18-8-4-5-9-19(18)25-22/h4-5,8-11,13,15,17H,6-7,12,14H2,1-3H3,(H,24,25)/t17-/m1/s1. The number of carbonyl (C=O) groups excluding carboxylic acids is 1. The van der Waals surface area contributed by atoms with Gasteiger partial charge >= 0.3 is 0 Å². The number of benzene rings is 2. The maximum Gasteiger partial charge on any atom is 0.254 e. The van der Waals surface area contributed by atoms with Crippen molar-refractivity contribution in [2.45, 2.75) is 38.7 Å². The van der Waals surface area contributed by atoms with Crippen molar-refractivity contribution < 1.29 is 14.3 Å². The lowest BCUT2D eigenvalue weighted by molar-refractivity contribution is 0.0704. The number of likely N-dealkylation sites (tertiary alicyclic amines) is 1. The van der Waals surface area contributed by atoms with Crippen molar-refractivity contribution in [2.24, 2.45) is 0 Å². The van der Waals surface area contributed by atoms with Crippen molar-refractivity contribution in [3.8, 4) is 11.5 Å². The number of piperidine rings is 1. The van der Waals surface area contributed by atoms with E-state index in [1.165, 1.54) is 0 Å². The smallest absolute Gasteiger partial charge is 0.254 e. The largest absolute Gasteiger partial charge is 0.493 e. The molecule has 1 saturated heterocycles. The second-order valence-corrected chi connectivity index (χ2v) is 7.76. The van der Waals surface area contributed by atoms with E-state index >= 15 is 0 Å². The number of amides is 1. The van der Waals surface area contributed by atoms with Gasteiger partial charge in [0.15, 0.2) is 11.5 Å². The molecule has 0 unspecified atom stereocenters. The molecule has 1 aromatic heterocycles. The van der Waals surface area contributed by atoms with Crippen LogP contribution in [0.25, 0.3) is 11.0 Å². The first kappa shape index (κ1) is 19.3. The van der Waals surface area contributed by atoms with Crippen LogP contribution in [0.1, 0.15) is 48.8 Å². The lowest BCUT2D eigenvalue weighted by Gasteiger charge is -2.32. The average molecular weight is 393 g/mol. The number of ether oxygens (including phenoxy) is 2. The zero-order valence-electron chi connectivity index (χ0n) is 17.1. The first-order valence-corrected chi connectivity index (χ1v) is 10.1. The van der Waals surface area contributed by atoms with Gasteiger partial charge in [-0.3, -0.25) is 4.79 Å². The molecule has 4 rings (SSSR count). The summed E-state index contributed by atoms with van der Waals surface area (Å²) in [5, 5.41) is 0. The number of hydrogen-bond acceptors (Lipinski definition) is 4. The zero-order chi connectivity index (χ0) is 20.4. The average Bonchev–Trinajstić information content (AvgIpc) is 3.17. The molecular weight excluding hydrogens is 366 g/mol. The summed E-state index contributed by atoms with van der Waals surface area (Å²) in [5.74, 6) is 2.42. The van der Waals surface area contributed by atoms with Crippen LogP contribution in [0.5, 0.6) is 11.5 Å². The zero-order valence-corrected chi connectivity index (χ0v) is 17.1. The summed E-state index contributed by atoms with van der Waals surface area (Å²) in [7, 11) is 1.59. The summed E-state index contributed by atoms with van der Waals surface area (Å²) in [5.41, 5.74) is 2.62. The first-order chi connectivity index (χ1) is 14.0. The summed E-state index contributed by atoms with van der Waals surface area (Å²) in [6, 6.07) is 13.4. The molecule has 152 valence electrons. The summed E-state index contributed by atoms with van der Waals surface area (Å²) >= 11 is 0. The van der Waals surface area contributed by atoms with Crippen molar-refractivity contribution in [2.75, 3.05) is 20.2 Å². The minimum absolute atomic E-state index is 0.0141. The Labute approximate surface area is 170 Å². The number of methoxy groups -OCH3 is 1. The summed E-state index contributed by atoms with van der Waals surface area (Å²) in [6.45, 7) is 5.34. The number of aromatic nitrogens is 2. The van der Waals surface area contributed by atoms with E-state index in [-0.39, 0.29) is 17.9 Å². The molecule has 1 aliphatic heterocycles. The van der Waals surface area contributed by atoms with E-state index in [0.29, 0.717) is 23.6 Å². The van der Waals surface area contributed by atoms with Crippen LogP contribution in [0, 0.1) is 0 Å². The van der Waals surface area contributed by atoms with Crippen LogP contribution in [0.15, 0.2) is 42.5 Å². The number of H-pyrrole nitrogens is 1. The number of hydrogen-bond donors (Lipinski definition) is 1. The van der Waals surface area contributed by atoms with Crippen LogP contribution >= 0.6 is 0 Å². The Morgan fingerprint density at radius 2 is 2.03 bits per heavy atom. The Bertz CT molecular complexity index is 979. The fourth-order valence-electron chi connectivity index (χ4n) is 3.89. The van der Waals surface area contributed by atoms with Crippen LogP contribution in [0.3, 0.4) is 0 Å². The van der Waals surface area contributed by atoms with E-state index in [1.807, 2.05) is 55.1 Å². The lowest BCUT2D eigenvalue weighted by atomic mass is 9.96. The minimum Gasteiger partial charge on any atom is -0.493 e. The first-order valence-electron chi connectivity index (χ1n) is 10.1. The molecule has 6 nitrogen and oxygen atoms in total. The van der Waals surface area contributed by atoms with E-state index in [0.717, 1.165) is 36.2 Å². The van der Waals surface area contributed by atoms with Gasteiger partial charge in [-0.25, -0.2) is 4.98 Å². The van der Waals surface area contributed by atoms with Crippen LogP contribution in [0.2, 0.25) is 0 Å². The number of carbonyl (C=O) groups is 1. The predicted molar refractivity (Wildman–Crippen MR) is 113 cm³/mol. The SMILES string of the molecule is COc1cc(C(=O)N2CCC[C@@H](c3nc4ccccc4[nH]3)C2)ccc1OC(C)C. The summed E-state index contributed by atoms with van der Waals surface area (Å²) < 4.78 is 11.2. The second-order valence-electron chi connectivity index (χ2n) is 7.76. The van der Waals surface area contributed by atoms with E-state index in [2.05, 4.69) is 4.98 Å². The lowest BCUT2D eigenvalue weighted by Crippen LogP contribution is -2.39. The van der Waals surface area contributed by atoms with Gasteiger partial charge in [-0.1, -0.05) is 12.1 Å². The number of fused-ring (bicyclic) bond motifs is 1. The Hall–Kier alpha value is -3.02. The van der Waals surface area contributed by atoms with E-state index in [4.69, 9.17) is 14.5 Å². The quantitative estimate of drug-likeness (QED) is 0.699. The number of aromatic amines is 1. The molecule has 1 atom stereocenters. The van der Waals surface area contributed by atoms with Gasteiger partial charge in [-0.15, -0.1) is 0 Å². The molecule has 0 saturated carbocycles. The van der Waals surface area contributed by atoms with Crippen molar-refractivity contribution >= 4 is 16.9 Å². The Kier molecular flexibility index (Phi) is 5.43. The van der Waals surface area contributed by atoms with Gasteiger partial charge in [-0.05, 0) is 57.0 Å². The predicted octanol–water partition coefficient (Wildman–Crippen LogP) is 4.38. The summed E-state index contributed by atoms with van der Waals surface area (Å²) in [6.07, 6.45) is 2.02. The fraction of sp³-hybridized carbons (Fsp3) is 0.391. The molecule has 0 aliphatic carbocycles. The van der Waals surface area contributed by atoms with Crippen molar-refractivity contribution in [3.05, 3.63) is 53.9 Å². The monoisotopic (exact) mass is 393 g/mol. The van der Waals surface area contributed by atoms with Gasteiger partial charge < -0.3 is 19.4 Å². The topological polar surface area (TPSA) is 67.5 Å². The highest BCUT2D eigenvalue weighted by Crippen LogP contribution is 2.31.